The van der Waals surface area contributed by atoms with Gasteiger partial charge in [0.15, 0.2) is 0 Å². The minimum atomic E-state index is 0.0703. The van der Waals surface area contributed by atoms with Gasteiger partial charge in [0.05, 0.1) is 19.3 Å². The third kappa shape index (κ3) is 3.32. The summed E-state index contributed by atoms with van der Waals surface area (Å²) < 4.78 is 5.41. The predicted octanol–water partition coefficient (Wildman–Crippen LogP) is 0.452. The van der Waals surface area contributed by atoms with E-state index in [1.165, 1.54) is 19.3 Å². The van der Waals surface area contributed by atoms with Crippen LogP contribution < -0.4 is 5.32 Å². The van der Waals surface area contributed by atoms with Crippen LogP contribution in [0.2, 0.25) is 0 Å². The van der Waals surface area contributed by atoms with E-state index in [2.05, 4.69) is 15.1 Å². The molecule has 3 saturated heterocycles. The second kappa shape index (κ2) is 6.87. The van der Waals surface area contributed by atoms with Gasteiger partial charge in [0.25, 0.3) is 0 Å². The molecule has 0 saturated carbocycles. The van der Waals surface area contributed by atoms with E-state index < -0.39 is 0 Å². The molecule has 20 heavy (non-hydrogen) atoms. The highest BCUT2D eigenvalue weighted by molar-refractivity contribution is 5.82. The Morgan fingerprint density at radius 2 is 1.90 bits per heavy atom. The van der Waals surface area contributed by atoms with Crippen molar-refractivity contribution in [1.82, 2.24) is 15.1 Å². The average molecular weight is 281 g/mol. The number of likely N-dealkylation sites (tertiary alicyclic amines) is 1. The summed E-state index contributed by atoms with van der Waals surface area (Å²) in [6, 6.07) is 0.620. The normalized spacial score (nSPS) is 33.1. The van der Waals surface area contributed by atoms with Crippen LogP contribution in [0, 0.1) is 0 Å². The highest BCUT2D eigenvalue weighted by Crippen LogP contribution is 2.19. The lowest BCUT2D eigenvalue weighted by molar-refractivity contribution is -0.132. The van der Waals surface area contributed by atoms with Gasteiger partial charge >= 0.3 is 0 Å². The lowest BCUT2D eigenvalue weighted by atomic mass is 10.1. The zero-order chi connectivity index (χ0) is 13.8. The molecule has 114 valence electrons. The average Bonchev–Trinajstić information content (AvgIpc) is 2.83. The van der Waals surface area contributed by atoms with Gasteiger partial charge in [0.2, 0.25) is 5.91 Å². The maximum Gasteiger partial charge on any atom is 0.239 e. The van der Waals surface area contributed by atoms with Gasteiger partial charge < -0.3 is 15.0 Å². The van der Waals surface area contributed by atoms with Crippen molar-refractivity contribution in [3.63, 3.8) is 0 Å². The molecular weight excluding hydrogens is 254 g/mol. The number of carbonyl (C=O) groups excluding carboxylic acids is 1. The van der Waals surface area contributed by atoms with E-state index in [0.29, 0.717) is 11.9 Å². The summed E-state index contributed by atoms with van der Waals surface area (Å²) in [5, 5.41) is 3.43. The van der Waals surface area contributed by atoms with Crippen molar-refractivity contribution in [3.8, 4) is 0 Å². The van der Waals surface area contributed by atoms with Crippen LogP contribution >= 0.6 is 0 Å². The Morgan fingerprint density at radius 3 is 2.75 bits per heavy atom. The molecule has 3 rings (SSSR count). The SMILES string of the molecule is O=C(C1CCCCCN1)N1CCC(N2CCOCC2)C1. The van der Waals surface area contributed by atoms with Gasteiger partial charge in [-0.15, -0.1) is 0 Å². The van der Waals surface area contributed by atoms with Gasteiger partial charge in [-0.05, 0) is 25.8 Å². The molecule has 1 N–H and O–H groups in total. The van der Waals surface area contributed by atoms with Crippen molar-refractivity contribution in [2.75, 3.05) is 45.9 Å². The van der Waals surface area contributed by atoms with E-state index in [0.717, 1.165) is 58.8 Å². The maximum absolute atomic E-state index is 12.6. The molecule has 3 fully saturated rings. The standard InChI is InChI=1S/C15H27N3O2/c19-15(14-4-2-1-3-6-16-14)18-7-5-13(12-18)17-8-10-20-11-9-17/h13-14,16H,1-12H2. The van der Waals surface area contributed by atoms with Crippen LogP contribution in [-0.2, 0) is 9.53 Å². The number of hydrogen-bond donors (Lipinski definition) is 1. The fourth-order valence-electron chi connectivity index (χ4n) is 3.64. The van der Waals surface area contributed by atoms with Gasteiger partial charge in [-0.2, -0.15) is 0 Å². The van der Waals surface area contributed by atoms with E-state index in [1.54, 1.807) is 0 Å². The largest absolute Gasteiger partial charge is 0.379 e. The lowest BCUT2D eigenvalue weighted by Gasteiger charge is -2.32. The number of morpholine rings is 1. The summed E-state index contributed by atoms with van der Waals surface area (Å²) in [5.74, 6) is 0.336. The number of carbonyl (C=O) groups is 1. The van der Waals surface area contributed by atoms with Crippen LogP contribution in [0.15, 0.2) is 0 Å². The molecule has 0 spiro atoms. The van der Waals surface area contributed by atoms with Crippen molar-refractivity contribution in [1.29, 1.82) is 0 Å². The summed E-state index contributed by atoms with van der Waals surface area (Å²) >= 11 is 0. The number of nitrogens with zero attached hydrogens (tertiary/aromatic N) is 2. The van der Waals surface area contributed by atoms with Crippen LogP contribution in [-0.4, -0.2) is 73.7 Å². The predicted molar refractivity (Wildman–Crippen MR) is 77.6 cm³/mol. The first-order valence-corrected chi connectivity index (χ1v) is 8.18. The molecule has 2 atom stereocenters. The molecule has 3 heterocycles. The van der Waals surface area contributed by atoms with Gasteiger partial charge in [-0.1, -0.05) is 12.8 Å². The van der Waals surface area contributed by atoms with Gasteiger partial charge in [-0.25, -0.2) is 0 Å². The molecule has 1 amide bonds. The van der Waals surface area contributed by atoms with Crippen molar-refractivity contribution >= 4 is 5.91 Å². The molecule has 5 nitrogen and oxygen atoms in total. The molecule has 3 aliphatic heterocycles. The molecule has 5 heteroatoms. The van der Waals surface area contributed by atoms with E-state index in [4.69, 9.17) is 4.74 Å². The monoisotopic (exact) mass is 281 g/mol. The van der Waals surface area contributed by atoms with Crippen molar-refractivity contribution in [2.24, 2.45) is 0 Å². The van der Waals surface area contributed by atoms with Crippen molar-refractivity contribution in [3.05, 3.63) is 0 Å². The third-order valence-electron chi connectivity index (χ3n) is 4.90. The smallest absolute Gasteiger partial charge is 0.239 e. The number of rotatable bonds is 2. The third-order valence-corrected chi connectivity index (χ3v) is 4.90. The Balaban J connectivity index is 1.51. The first-order chi connectivity index (χ1) is 9.84. The Hall–Kier alpha value is -0.650. The summed E-state index contributed by atoms with van der Waals surface area (Å²) in [7, 11) is 0. The molecule has 0 bridgehead atoms. The summed E-state index contributed by atoms with van der Waals surface area (Å²) in [6.45, 7) is 6.57. The minimum Gasteiger partial charge on any atom is -0.379 e. The number of ether oxygens (including phenoxy) is 1. The highest BCUT2D eigenvalue weighted by Gasteiger charge is 2.33. The zero-order valence-electron chi connectivity index (χ0n) is 12.4. The highest BCUT2D eigenvalue weighted by atomic mass is 16.5. The molecule has 0 aromatic heterocycles. The second-order valence-corrected chi connectivity index (χ2v) is 6.23. The van der Waals surface area contributed by atoms with Gasteiger partial charge in [0, 0.05) is 32.2 Å². The van der Waals surface area contributed by atoms with Crippen molar-refractivity contribution < 1.29 is 9.53 Å². The molecule has 2 unspecified atom stereocenters. The molecule has 0 aromatic rings. The molecule has 0 aromatic carbocycles. The van der Waals surface area contributed by atoms with Crippen LogP contribution in [0.1, 0.15) is 32.1 Å². The molecule has 0 aliphatic carbocycles. The van der Waals surface area contributed by atoms with Gasteiger partial charge in [0.1, 0.15) is 0 Å². The second-order valence-electron chi connectivity index (χ2n) is 6.23. The van der Waals surface area contributed by atoms with Crippen LogP contribution in [0.25, 0.3) is 0 Å². The first-order valence-electron chi connectivity index (χ1n) is 8.18. The van der Waals surface area contributed by atoms with Gasteiger partial charge in [-0.3, -0.25) is 9.69 Å². The number of nitrogens with one attached hydrogen (secondary N) is 1. The molecular formula is C15H27N3O2. The van der Waals surface area contributed by atoms with E-state index in [9.17, 15) is 4.79 Å². The minimum absolute atomic E-state index is 0.0703. The fourth-order valence-corrected chi connectivity index (χ4v) is 3.64. The quantitative estimate of drug-likeness (QED) is 0.798. The Kier molecular flexibility index (Phi) is 4.91. The first kappa shape index (κ1) is 14.3. The number of amides is 1. The Bertz CT molecular complexity index is 323. The van der Waals surface area contributed by atoms with Crippen LogP contribution in [0.4, 0.5) is 0 Å². The van der Waals surface area contributed by atoms with E-state index in [1.807, 2.05) is 0 Å². The van der Waals surface area contributed by atoms with E-state index >= 15 is 0 Å². The molecule has 0 radical (unpaired) electrons. The Labute approximate surface area is 121 Å². The van der Waals surface area contributed by atoms with Crippen LogP contribution in [0.3, 0.4) is 0 Å². The molecule has 3 aliphatic rings. The maximum atomic E-state index is 12.6. The summed E-state index contributed by atoms with van der Waals surface area (Å²) in [5.41, 5.74) is 0. The van der Waals surface area contributed by atoms with Crippen molar-refractivity contribution in [2.45, 2.75) is 44.2 Å². The van der Waals surface area contributed by atoms with E-state index in [-0.39, 0.29) is 6.04 Å². The summed E-state index contributed by atoms with van der Waals surface area (Å²) in [6.07, 6.45) is 5.79. The zero-order valence-corrected chi connectivity index (χ0v) is 12.4. The number of hydrogen-bond acceptors (Lipinski definition) is 4. The van der Waals surface area contributed by atoms with Crippen LogP contribution in [0.5, 0.6) is 0 Å². The Morgan fingerprint density at radius 1 is 1.05 bits per heavy atom. The summed E-state index contributed by atoms with van der Waals surface area (Å²) in [4.78, 5) is 17.2. The lowest BCUT2D eigenvalue weighted by Crippen LogP contribution is -2.48. The topological polar surface area (TPSA) is 44.8 Å². The fraction of sp³-hybridized carbons (Fsp3) is 0.933.